The predicted octanol–water partition coefficient (Wildman–Crippen LogP) is 2.70. The van der Waals surface area contributed by atoms with E-state index in [1.54, 1.807) is 6.92 Å². The molecular weight excluding hydrogens is 288 g/mol. The summed E-state index contributed by atoms with van der Waals surface area (Å²) in [5, 5.41) is 0. The van der Waals surface area contributed by atoms with Crippen LogP contribution in [0.1, 0.15) is 45.9 Å². The summed E-state index contributed by atoms with van der Waals surface area (Å²) in [6.07, 6.45) is 3.67. The summed E-state index contributed by atoms with van der Waals surface area (Å²) in [4.78, 5) is 22.8. The van der Waals surface area contributed by atoms with Crippen molar-refractivity contribution in [3.8, 4) is 0 Å². The van der Waals surface area contributed by atoms with Crippen LogP contribution >= 0.6 is 0 Å². The molecule has 1 aromatic heterocycles. The molecule has 1 amide bonds. The lowest BCUT2D eigenvalue weighted by atomic mass is 9.89. The zero-order chi connectivity index (χ0) is 16.4. The molecule has 0 saturated carbocycles. The van der Waals surface area contributed by atoms with E-state index in [4.69, 9.17) is 5.73 Å². The van der Waals surface area contributed by atoms with Gasteiger partial charge in [0.15, 0.2) is 0 Å². The molecule has 23 heavy (non-hydrogen) atoms. The van der Waals surface area contributed by atoms with Crippen LogP contribution < -0.4 is 5.73 Å². The quantitative estimate of drug-likeness (QED) is 0.925. The third-order valence-corrected chi connectivity index (χ3v) is 4.45. The van der Waals surface area contributed by atoms with Crippen molar-refractivity contribution in [3.63, 3.8) is 0 Å². The van der Waals surface area contributed by atoms with Gasteiger partial charge in [-0.05, 0) is 32.3 Å². The SMILES string of the molecule is Cc1cccc([C@@H]2CCCN(C(=O)c3cnc(N)nc3C)C2)c1. The van der Waals surface area contributed by atoms with E-state index < -0.39 is 0 Å². The number of nitrogen functional groups attached to an aromatic ring is 1. The molecule has 0 aliphatic carbocycles. The van der Waals surface area contributed by atoms with Crippen molar-refractivity contribution >= 4 is 11.9 Å². The highest BCUT2D eigenvalue weighted by Crippen LogP contribution is 2.28. The second-order valence-corrected chi connectivity index (χ2v) is 6.23. The highest BCUT2D eigenvalue weighted by Gasteiger charge is 2.26. The molecule has 120 valence electrons. The van der Waals surface area contributed by atoms with Crippen molar-refractivity contribution in [2.75, 3.05) is 18.8 Å². The summed E-state index contributed by atoms with van der Waals surface area (Å²) < 4.78 is 0. The monoisotopic (exact) mass is 310 g/mol. The minimum absolute atomic E-state index is 0.000136. The molecule has 3 rings (SSSR count). The van der Waals surface area contributed by atoms with E-state index in [1.165, 1.54) is 17.3 Å². The number of aryl methyl sites for hydroxylation is 2. The first-order chi connectivity index (χ1) is 11.0. The van der Waals surface area contributed by atoms with E-state index in [0.29, 0.717) is 17.2 Å². The Bertz CT molecular complexity index is 729. The second kappa shape index (κ2) is 6.36. The number of nitrogens with two attached hydrogens (primary N) is 1. The smallest absolute Gasteiger partial charge is 0.257 e. The topological polar surface area (TPSA) is 72.1 Å². The zero-order valence-electron chi connectivity index (χ0n) is 13.6. The van der Waals surface area contributed by atoms with Gasteiger partial charge >= 0.3 is 0 Å². The molecule has 1 fully saturated rings. The van der Waals surface area contributed by atoms with Crippen LogP contribution in [0.4, 0.5) is 5.95 Å². The summed E-state index contributed by atoms with van der Waals surface area (Å²) >= 11 is 0. The van der Waals surface area contributed by atoms with Gasteiger partial charge in [0, 0.05) is 25.2 Å². The average molecular weight is 310 g/mol. The lowest BCUT2D eigenvalue weighted by Gasteiger charge is -2.33. The largest absolute Gasteiger partial charge is 0.368 e. The second-order valence-electron chi connectivity index (χ2n) is 6.23. The van der Waals surface area contributed by atoms with Crippen molar-refractivity contribution < 1.29 is 4.79 Å². The lowest BCUT2D eigenvalue weighted by Crippen LogP contribution is -2.39. The van der Waals surface area contributed by atoms with Gasteiger partial charge in [-0.25, -0.2) is 9.97 Å². The minimum atomic E-state index is -0.000136. The van der Waals surface area contributed by atoms with Crippen LogP contribution in [-0.4, -0.2) is 33.9 Å². The van der Waals surface area contributed by atoms with Crippen LogP contribution in [0.5, 0.6) is 0 Å². The molecule has 1 aliphatic heterocycles. The lowest BCUT2D eigenvalue weighted by molar-refractivity contribution is 0.0705. The number of nitrogens with zero attached hydrogens (tertiary/aromatic N) is 3. The van der Waals surface area contributed by atoms with Gasteiger partial charge in [0.25, 0.3) is 5.91 Å². The molecule has 1 saturated heterocycles. The van der Waals surface area contributed by atoms with E-state index in [0.717, 1.165) is 25.9 Å². The first-order valence-corrected chi connectivity index (χ1v) is 7.99. The number of carbonyl (C=O) groups excluding carboxylic acids is 1. The van der Waals surface area contributed by atoms with Gasteiger partial charge in [0.05, 0.1) is 11.3 Å². The Balaban J connectivity index is 1.79. The molecule has 5 nitrogen and oxygen atoms in total. The molecule has 1 atom stereocenters. The Morgan fingerprint density at radius 3 is 2.91 bits per heavy atom. The van der Waals surface area contributed by atoms with Crippen LogP contribution in [0.2, 0.25) is 0 Å². The van der Waals surface area contributed by atoms with Crippen molar-refractivity contribution in [1.29, 1.82) is 0 Å². The van der Waals surface area contributed by atoms with E-state index in [-0.39, 0.29) is 11.9 Å². The maximum Gasteiger partial charge on any atom is 0.257 e. The number of piperidine rings is 1. The first-order valence-electron chi connectivity index (χ1n) is 7.99. The molecule has 2 heterocycles. The summed E-state index contributed by atoms with van der Waals surface area (Å²) in [7, 11) is 0. The number of rotatable bonds is 2. The number of aromatic nitrogens is 2. The van der Waals surface area contributed by atoms with Crippen molar-refractivity contribution in [2.45, 2.75) is 32.6 Å². The van der Waals surface area contributed by atoms with Gasteiger partial charge < -0.3 is 10.6 Å². The van der Waals surface area contributed by atoms with Gasteiger partial charge in [-0.2, -0.15) is 0 Å². The number of likely N-dealkylation sites (tertiary alicyclic amines) is 1. The molecule has 5 heteroatoms. The van der Waals surface area contributed by atoms with E-state index in [2.05, 4.69) is 41.2 Å². The Labute approximate surface area is 136 Å². The van der Waals surface area contributed by atoms with Gasteiger partial charge in [0.1, 0.15) is 0 Å². The molecule has 0 bridgehead atoms. The maximum atomic E-state index is 12.8. The fraction of sp³-hybridized carbons (Fsp3) is 0.389. The third-order valence-electron chi connectivity index (χ3n) is 4.45. The number of carbonyl (C=O) groups is 1. The van der Waals surface area contributed by atoms with Gasteiger partial charge in [0.2, 0.25) is 5.95 Å². The summed E-state index contributed by atoms with van der Waals surface area (Å²) in [6, 6.07) is 8.56. The van der Waals surface area contributed by atoms with Crippen LogP contribution in [0.15, 0.2) is 30.5 Å². The van der Waals surface area contributed by atoms with E-state index >= 15 is 0 Å². The summed E-state index contributed by atoms with van der Waals surface area (Å²) in [5.74, 6) is 0.595. The average Bonchev–Trinajstić information content (AvgIpc) is 2.54. The number of hydrogen-bond donors (Lipinski definition) is 1. The van der Waals surface area contributed by atoms with Crippen LogP contribution in [0, 0.1) is 13.8 Å². The highest BCUT2D eigenvalue weighted by molar-refractivity contribution is 5.95. The number of amides is 1. The Kier molecular flexibility index (Phi) is 4.28. The Hall–Kier alpha value is -2.43. The van der Waals surface area contributed by atoms with Crippen molar-refractivity contribution in [1.82, 2.24) is 14.9 Å². The fourth-order valence-corrected chi connectivity index (χ4v) is 3.22. The number of hydrogen-bond acceptors (Lipinski definition) is 4. The number of benzene rings is 1. The highest BCUT2D eigenvalue weighted by atomic mass is 16.2. The summed E-state index contributed by atoms with van der Waals surface area (Å²) in [6.45, 7) is 5.43. The molecule has 1 aromatic carbocycles. The van der Waals surface area contributed by atoms with Crippen LogP contribution in [0.3, 0.4) is 0 Å². The van der Waals surface area contributed by atoms with Crippen molar-refractivity contribution in [2.24, 2.45) is 0 Å². The van der Waals surface area contributed by atoms with Crippen molar-refractivity contribution in [3.05, 3.63) is 52.8 Å². The normalized spacial score (nSPS) is 18.0. The predicted molar refractivity (Wildman–Crippen MR) is 90.2 cm³/mol. The zero-order valence-corrected chi connectivity index (χ0v) is 13.6. The molecular formula is C18H22N4O. The molecule has 0 radical (unpaired) electrons. The third kappa shape index (κ3) is 3.33. The van der Waals surface area contributed by atoms with E-state index in [1.807, 2.05) is 4.90 Å². The van der Waals surface area contributed by atoms with Gasteiger partial charge in [-0.1, -0.05) is 29.8 Å². The minimum Gasteiger partial charge on any atom is -0.368 e. The van der Waals surface area contributed by atoms with Crippen LogP contribution in [-0.2, 0) is 0 Å². The molecule has 0 spiro atoms. The standard InChI is InChI=1S/C18H22N4O/c1-12-5-3-6-14(9-12)15-7-4-8-22(11-15)17(23)16-10-20-18(19)21-13(16)2/h3,5-6,9-10,15H,4,7-8,11H2,1-2H3,(H2,19,20,21)/t15-/m1/s1. The first kappa shape index (κ1) is 15.5. The van der Waals surface area contributed by atoms with Gasteiger partial charge in [-0.3, -0.25) is 4.79 Å². The van der Waals surface area contributed by atoms with Gasteiger partial charge in [-0.15, -0.1) is 0 Å². The fourth-order valence-electron chi connectivity index (χ4n) is 3.22. The van der Waals surface area contributed by atoms with Crippen LogP contribution in [0.25, 0.3) is 0 Å². The molecule has 1 aliphatic rings. The maximum absolute atomic E-state index is 12.8. The summed E-state index contributed by atoms with van der Waals surface area (Å²) in [5.41, 5.74) is 9.33. The number of anilines is 1. The molecule has 2 N–H and O–H groups in total. The Morgan fingerprint density at radius 2 is 2.17 bits per heavy atom. The Morgan fingerprint density at radius 1 is 1.35 bits per heavy atom. The molecule has 2 aromatic rings. The van der Waals surface area contributed by atoms with E-state index in [9.17, 15) is 4.79 Å². The molecule has 0 unspecified atom stereocenters.